The molecule has 0 N–H and O–H groups in total. The normalized spacial score (nSPS) is 20.0. The summed E-state index contributed by atoms with van der Waals surface area (Å²) in [4.78, 5) is 22.2. The van der Waals surface area contributed by atoms with E-state index in [9.17, 15) is 4.79 Å². The van der Waals surface area contributed by atoms with Crippen LogP contribution in [0.1, 0.15) is 25.3 Å². The molecule has 2 aliphatic rings. The molecule has 4 rings (SSSR count). The van der Waals surface area contributed by atoms with Crippen molar-refractivity contribution < 1.29 is 4.79 Å². The van der Waals surface area contributed by atoms with Crippen molar-refractivity contribution in [2.75, 3.05) is 24.5 Å². The minimum Gasteiger partial charge on any atom is -0.372 e. The van der Waals surface area contributed by atoms with Crippen molar-refractivity contribution in [2.45, 2.75) is 19.8 Å². The molecule has 2 aromatic carbocycles. The number of amides is 1. The number of hydrogen-bond donors (Lipinski definition) is 0. The minimum atomic E-state index is -0.0121. The molecular formula is C22H22ClN3OS. The van der Waals surface area contributed by atoms with E-state index < -0.39 is 0 Å². The van der Waals surface area contributed by atoms with Crippen LogP contribution in [0.25, 0.3) is 6.08 Å². The third-order valence-electron chi connectivity index (χ3n) is 4.93. The molecule has 0 atom stereocenters. The van der Waals surface area contributed by atoms with E-state index in [2.05, 4.69) is 34.2 Å². The lowest BCUT2D eigenvalue weighted by Crippen LogP contribution is -2.28. The summed E-state index contributed by atoms with van der Waals surface area (Å²) in [7, 11) is 0. The Labute approximate surface area is 174 Å². The summed E-state index contributed by atoms with van der Waals surface area (Å²) in [5.41, 5.74) is 2.95. The van der Waals surface area contributed by atoms with Crippen molar-refractivity contribution in [3.8, 4) is 0 Å². The number of rotatable bonds is 4. The zero-order valence-corrected chi connectivity index (χ0v) is 17.3. The standard InChI is InChI=1S/C22H22ClN3OS/c1-2-26-21(27)20(28-22(26)24-19-8-4-3-7-18(19)23)15-16-9-11-17(12-10-16)25-13-5-6-14-25/h3-4,7-12,15H,2,5-6,13-14H2,1H3/b20-15+,24-22?. The van der Waals surface area contributed by atoms with Gasteiger partial charge in [-0.15, -0.1) is 0 Å². The van der Waals surface area contributed by atoms with E-state index in [0.29, 0.717) is 27.3 Å². The van der Waals surface area contributed by atoms with Gasteiger partial charge >= 0.3 is 0 Å². The van der Waals surface area contributed by atoms with Gasteiger partial charge in [0.15, 0.2) is 5.17 Å². The quantitative estimate of drug-likeness (QED) is 0.617. The zero-order valence-electron chi connectivity index (χ0n) is 15.8. The van der Waals surface area contributed by atoms with Crippen molar-refractivity contribution in [1.29, 1.82) is 0 Å². The topological polar surface area (TPSA) is 35.9 Å². The van der Waals surface area contributed by atoms with Crippen LogP contribution in [-0.2, 0) is 4.79 Å². The Bertz CT molecular complexity index is 933. The van der Waals surface area contributed by atoms with Crippen LogP contribution in [-0.4, -0.2) is 35.6 Å². The van der Waals surface area contributed by atoms with Gasteiger partial charge in [-0.05, 0) is 67.4 Å². The fraction of sp³-hybridized carbons (Fsp3) is 0.273. The van der Waals surface area contributed by atoms with Crippen LogP contribution in [0, 0.1) is 0 Å². The maximum atomic E-state index is 12.8. The first-order valence-corrected chi connectivity index (χ1v) is 10.7. The van der Waals surface area contributed by atoms with Crippen LogP contribution < -0.4 is 4.90 Å². The first kappa shape index (κ1) is 19.1. The van der Waals surface area contributed by atoms with Crippen molar-refractivity contribution in [1.82, 2.24) is 4.90 Å². The van der Waals surface area contributed by atoms with Crippen LogP contribution in [0.3, 0.4) is 0 Å². The molecule has 2 fully saturated rings. The number of nitrogens with zero attached hydrogens (tertiary/aromatic N) is 3. The van der Waals surface area contributed by atoms with Gasteiger partial charge in [0.25, 0.3) is 5.91 Å². The van der Waals surface area contributed by atoms with E-state index in [-0.39, 0.29) is 5.91 Å². The molecule has 6 heteroatoms. The van der Waals surface area contributed by atoms with E-state index in [1.807, 2.05) is 31.2 Å². The first-order chi connectivity index (χ1) is 13.7. The minimum absolute atomic E-state index is 0.0121. The Morgan fingerprint density at radius 2 is 1.82 bits per heavy atom. The number of carbonyl (C=O) groups excluding carboxylic acids is 1. The number of benzene rings is 2. The molecule has 144 valence electrons. The van der Waals surface area contributed by atoms with E-state index in [0.717, 1.165) is 18.7 Å². The highest BCUT2D eigenvalue weighted by atomic mass is 35.5. The Morgan fingerprint density at radius 1 is 1.11 bits per heavy atom. The van der Waals surface area contributed by atoms with E-state index in [4.69, 9.17) is 11.6 Å². The molecule has 1 amide bonds. The van der Waals surface area contributed by atoms with Gasteiger partial charge in [0.05, 0.1) is 15.6 Å². The average Bonchev–Trinajstić information content (AvgIpc) is 3.33. The Kier molecular flexibility index (Phi) is 5.74. The number of likely N-dealkylation sites (N-methyl/N-ethyl adjacent to an activating group) is 1. The van der Waals surface area contributed by atoms with Crippen molar-refractivity contribution in [3.63, 3.8) is 0 Å². The summed E-state index contributed by atoms with van der Waals surface area (Å²) in [6, 6.07) is 15.8. The largest absolute Gasteiger partial charge is 0.372 e. The third kappa shape index (κ3) is 3.96. The second-order valence-electron chi connectivity index (χ2n) is 6.79. The van der Waals surface area contributed by atoms with Gasteiger partial charge in [0.1, 0.15) is 0 Å². The average molecular weight is 412 g/mol. The second kappa shape index (κ2) is 8.41. The lowest BCUT2D eigenvalue weighted by atomic mass is 10.2. The van der Waals surface area contributed by atoms with E-state index in [1.54, 1.807) is 11.0 Å². The summed E-state index contributed by atoms with van der Waals surface area (Å²) in [5.74, 6) is -0.0121. The molecule has 0 bridgehead atoms. The molecule has 2 aromatic rings. The molecule has 28 heavy (non-hydrogen) atoms. The van der Waals surface area contributed by atoms with Gasteiger partial charge in [0.2, 0.25) is 0 Å². The highest BCUT2D eigenvalue weighted by molar-refractivity contribution is 8.18. The molecule has 0 unspecified atom stereocenters. The molecule has 2 aliphatic heterocycles. The fourth-order valence-electron chi connectivity index (χ4n) is 3.42. The first-order valence-electron chi connectivity index (χ1n) is 9.55. The van der Waals surface area contributed by atoms with Gasteiger partial charge in [-0.3, -0.25) is 9.69 Å². The molecule has 0 aliphatic carbocycles. The van der Waals surface area contributed by atoms with Gasteiger partial charge in [0, 0.05) is 25.3 Å². The smallest absolute Gasteiger partial charge is 0.266 e. The molecule has 4 nitrogen and oxygen atoms in total. The summed E-state index contributed by atoms with van der Waals surface area (Å²) < 4.78 is 0. The summed E-state index contributed by atoms with van der Waals surface area (Å²) in [6.07, 6.45) is 4.47. The summed E-state index contributed by atoms with van der Waals surface area (Å²) >= 11 is 7.62. The Morgan fingerprint density at radius 3 is 2.50 bits per heavy atom. The maximum Gasteiger partial charge on any atom is 0.266 e. The van der Waals surface area contributed by atoms with Crippen LogP contribution in [0.15, 0.2) is 58.4 Å². The predicted molar refractivity (Wildman–Crippen MR) is 119 cm³/mol. The van der Waals surface area contributed by atoms with Gasteiger partial charge < -0.3 is 4.90 Å². The summed E-state index contributed by atoms with van der Waals surface area (Å²) in [5, 5.41) is 1.24. The van der Waals surface area contributed by atoms with Crippen LogP contribution in [0.5, 0.6) is 0 Å². The van der Waals surface area contributed by atoms with Crippen LogP contribution in [0.2, 0.25) is 5.02 Å². The number of amidine groups is 1. The molecule has 2 heterocycles. The molecule has 0 spiro atoms. The number of aliphatic imine (C=N–C) groups is 1. The SMILES string of the molecule is CCN1C(=O)/C(=C\c2ccc(N3CCCC3)cc2)SC1=Nc1ccccc1Cl. The number of para-hydroxylation sites is 1. The molecule has 0 radical (unpaired) electrons. The Hall–Kier alpha value is -2.24. The van der Waals surface area contributed by atoms with Gasteiger partial charge in [-0.1, -0.05) is 35.9 Å². The molecule has 0 aromatic heterocycles. The van der Waals surface area contributed by atoms with E-state index in [1.165, 1.54) is 30.3 Å². The molecular weight excluding hydrogens is 390 g/mol. The third-order valence-corrected chi connectivity index (χ3v) is 6.26. The number of halogens is 1. The fourth-order valence-corrected chi connectivity index (χ4v) is 4.66. The summed E-state index contributed by atoms with van der Waals surface area (Å²) in [6.45, 7) is 4.78. The number of carbonyl (C=O) groups is 1. The highest BCUT2D eigenvalue weighted by Gasteiger charge is 2.32. The van der Waals surface area contributed by atoms with Crippen LogP contribution in [0.4, 0.5) is 11.4 Å². The number of hydrogen-bond acceptors (Lipinski definition) is 4. The van der Waals surface area contributed by atoms with Gasteiger partial charge in [-0.2, -0.15) is 0 Å². The van der Waals surface area contributed by atoms with Crippen molar-refractivity contribution in [2.24, 2.45) is 4.99 Å². The van der Waals surface area contributed by atoms with Crippen molar-refractivity contribution in [3.05, 3.63) is 64.0 Å². The monoisotopic (exact) mass is 411 g/mol. The lowest BCUT2D eigenvalue weighted by Gasteiger charge is -2.17. The molecule has 2 saturated heterocycles. The van der Waals surface area contributed by atoms with Crippen molar-refractivity contribution >= 4 is 51.9 Å². The molecule has 0 saturated carbocycles. The predicted octanol–water partition coefficient (Wildman–Crippen LogP) is 5.56. The number of thioether (sulfide) groups is 1. The number of anilines is 1. The maximum absolute atomic E-state index is 12.8. The second-order valence-corrected chi connectivity index (χ2v) is 8.21. The Balaban J connectivity index is 1.58. The van der Waals surface area contributed by atoms with Gasteiger partial charge in [-0.25, -0.2) is 4.99 Å². The lowest BCUT2D eigenvalue weighted by molar-refractivity contribution is -0.122. The van der Waals surface area contributed by atoms with E-state index >= 15 is 0 Å². The zero-order chi connectivity index (χ0) is 19.5. The highest BCUT2D eigenvalue weighted by Crippen LogP contribution is 2.35. The van der Waals surface area contributed by atoms with Crippen LogP contribution >= 0.6 is 23.4 Å².